The van der Waals surface area contributed by atoms with E-state index in [1.54, 1.807) is 6.92 Å². The standard InChI is InChI=1S/C12H17NO3/c1-12(14,4-5-13)9-2-3-10-11(8-9)16-7-6-15-10/h2-3,8,14H,4-7,13H2,1H3. The maximum atomic E-state index is 10.2. The Morgan fingerprint density at radius 2 is 2.00 bits per heavy atom. The van der Waals surface area contributed by atoms with Crippen molar-refractivity contribution in [2.75, 3.05) is 19.8 Å². The Labute approximate surface area is 95.0 Å². The summed E-state index contributed by atoms with van der Waals surface area (Å²) in [6, 6.07) is 5.50. The Morgan fingerprint density at radius 1 is 1.31 bits per heavy atom. The van der Waals surface area contributed by atoms with Crippen molar-refractivity contribution in [2.24, 2.45) is 5.73 Å². The molecule has 1 aromatic rings. The summed E-state index contributed by atoms with van der Waals surface area (Å²) >= 11 is 0. The maximum absolute atomic E-state index is 10.2. The highest BCUT2D eigenvalue weighted by Crippen LogP contribution is 2.35. The van der Waals surface area contributed by atoms with Gasteiger partial charge in [-0.2, -0.15) is 0 Å². The Morgan fingerprint density at radius 3 is 2.69 bits per heavy atom. The number of benzene rings is 1. The highest BCUT2D eigenvalue weighted by molar-refractivity contribution is 5.45. The van der Waals surface area contributed by atoms with Crippen LogP contribution < -0.4 is 15.2 Å². The van der Waals surface area contributed by atoms with Crippen LogP contribution in [0.15, 0.2) is 18.2 Å². The first-order valence-corrected chi connectivity index (χ1v) is 5.46. The van der Waals surface area contributed by atoms with Crippen molar-refractivity contribution in [3.8, 4) is 11.5 Å². The van der Waals surface area contributed by atoms with Gasteiger partial charge >= 0.3 is 0 Å². The third kappa shape index (κ3) is 2.13. The summed E-state index contributed by atoms with van der Waals surface area (Å²) in [4.78, 5) is 0. The van der Waals surface area contributed by atoms with Gasteiger partial charge in [-0.15, -0.1) is 0 Å². The van der Waals surface area contributed by atoms with Crippen molar-refractivity contribution in [3.63, 3.8) is 0 Å². The maximum Gasteiger partial charge on any atom is 0.161 e. The van der Waals surface area contributed by atoms with Crippen LogP contribution in [0.3, 0.4) is 0 Å². The minimum atomic E-state index is -0.912. The van der Waals surface area contributed by atoms with Crippen molar-refractivity contribution < 1.29 is 14.6 Å². The van der Waals surface area contributed by atoms with E-state index in [0.29, 0.717) is 31.9 Å². The molecule has 88 valence electrons. The molecule has 1 aliphatic heterocycles. The molecule has 1 aromatic carbocycles. The quantitative estimate of drug-likeness (QED) is 0.802. The van der Waals surface area contributed by atoms with Crippen molar-refractivity contribution >= 4 is 0 Å². The highest BCUT2D eigenvalue weighted by atomic mass is 16.6. The molecule has 0 saturated carbocycles. The molecule has 0 fully saturated rings. The van der Waals surface area contributed by atoms with Gasteiger partial charge in [-0.3, -0.25) is 0 Å². The van der Waals surface area contributed by atoms with Gasteiger partial charge in [0.05, 0.1) is 5.60 Å². The van der Waals surface area contributed by atoms with Gasteiger partial charge < -0.3 is 20.3 Å². The van der Waals surface area contributed by atoms with Crippen molar-refractivity contribution in [2.45, 2.75) is 18.9 Å². The Bertz CT molecular complexity index is 377. The van der Waals surface area contributed by atoms with Crippen LogP contribution in [0.25, 0.3) is 0 Å². The lowest BCUT2D eigenvalue weighted by molar-refractivity contribution is 0.0497. The molecule has 0 radical (unpaired) electrons. The van der Waals surface area contributed by atoms with E-state index in [-0.39, 0.29) is 0 Å². The average molecular weight is 223 g/mol. The largest absolute Gasteiger partial charge is 0.486 e. The number of aliphatic hydroxyl groups is 1. The number of ether oxygens (including phenoxy) is 2. The number of rotatable bonds is 3. The van der Waals surface area contributed by atoms with E-state index < -0.39 is 5.60 Å². The van der Waals surface area contributed by atoms with Crippen molar-refractivity contribution in [1.29, 1.82) is 0 Å². The number of nitrogens with two attached hydrogens (primary N) is 1. The summed E-state index contributed by atoms with van der Waals surface area (Å²) in [5.74, 6) is 1.43. The molecule has 0 aromatic heterocycles. The fourth-order valence-corrected chi connectivity index (χ4v) is 1.80. The third-order valence-corrected chi connectivity index (χ3v) is 2.80. The van der Waals surface area contributed by atoms with E-state index in [4.69, 9.17) is 15.2 Å². The van der Waals surface area contributed by atoms with E-state index in [1.807, 2.05) is 18.2 Å². The highest BCUT2D eigenvalue weighted by Gasteiger charge is 2.24. The first-order chi connectivity index (χ1) is 7.63. The summed E-state index contributed by atoms with van der Waals surface area (Å²) in [6.07, 6.45) is 0.520. The zero-order valence-electron chi connectivity index (χ0n) is 9.40. The van der Waals surface area contributed by atoms with Gasteiger partial charge in [-0.05, 0) is 37.6 Å². The van der Waals surface area contributed by atoms with Gasteiger partial charge in [-0.1, -0.05) is 6.07 Å². The van der Waals surface area contributed by atoms with Crippen LogP contribution in [0.2, 0.25) is 0 Å². The predicted molar refractivity (Wildman–Crippen MR) is 60.7 cm³/mol. The second-order valence-corrected chi connectivity index (χ2v) is 4.17. The summed E-state index contributed by atoms with van der Waals surface area (Å²) in [5, 5.41) is 10.2. The Kier molecular flexibility index (Phi) is 3.03. The van der Waals surface area contributed by atoms with Crippen molar-refractivity contribution in [3.05, 3.63) is 23.8 Å². The molecule has 4 heteroatoms. The molecular weight excluding hydrogens is 206 g/mol. The summed E-state index contributed by atoms with van der Waals surface area (Å²) in [7, 11) is 0. The van der Waals surface area contributed by atoms with E-state index in [1.165, 1.54) is 0 Å². The Hall–Kier alpha value is -1.26. The molecule has 0 amide bonds. The molecule has 4 nitrogen and oxygen atoms in total. The zero-order valence-corrected chi connectivity index (χ0v) is 9.40. The van der Waals surface area contributed by atoms with Crippen molar-refractivity contribution in [1.82, 2.24) is 0 Å². The smallest absolute Gasteiger partial charge is 0.161 e. The van der Waals surface area contributed by atoms with E-state index in [2.05, 4.69) is 0 Å². The second-order valence-electron chi connectivity index (χ2n) is 4.17. The molecule has 1 aliphatic rings. The van der Waals surface area contributed by atoms with Crippen LogP contribution >= 0.6 is 0 Å². The van der Waals surface area contributed by atoms with Gasteiger partial charge in [-0.25, -0.2) is 0 Å². The van der Waals surface area contributed by atoms with Crippen LogP contribution in [0.5, 0.6) is 11.5 Å². The molecule has 0 saturated heterocycles. The van der Waals surface area contributed by atoms with Crippen LogP contribution in [-0.4, -0.2) is 24.9 Å². The zero-order chi connectivity index (χ0) is 11.6. The molecule has 16 heavy (non-hydrogen) atoms. The lowest BCUT2D eigenvalue weighted by Gasteiger charge is -2.25. The molecule has 1 atom stereocenters. The van der Waals surface area contributed by atoms with Gasteiger partial charge in [0.1, 0.15) is 13.2 Å². The molecular formula is C12H17NO3. The molecule has 3 N–H and O–H groups in total. The second kappa shape index (κ2) is 4.31. The number of hydrogen-bond acceptors (Lipinski definition) is 4. The minimum absolute atomic E-state index is 0.446. The fraction of sp³-hybridized carbons (Fsp3) is 0.500. The fourth-order valence-electron chi connectivity index (χ4n) is 1.80. The first kappa shape index (κ1) is 11.2. The van der Waals surface area contributed by atoms with Gasteiger partial charge in [0.15, 0.2) is 11.5 Å². The van der Waals surface area contributed by atoms with Gasteiger partial charge in [0, 0.05) is 0 Å². The lowest BCUT2D eigenvalue weighted by Crippen LogP contribution is -2.25. The molecule has 1 heterocycles. The summed E-state index contributed by atoms with van der Waals surface area (Å²) < 4.78 is 10.9. The molecule has 2 rings (SSSR count). The van der Waals surface area contributed by atoms with Crippen LogP contribution in [0.1, 0.15) is 18.9 Å². The minimum Gasteiger partial charge on any atom is -0.486 e. The normalized spacial score (nSPS) is 17.9. The first-order valence-electron chi connectivity index (χ1n) is 5.46. The Balaban J connectivity index is 2.29. The van der Waals surface area contributed by atoms with Crippen LogP contribution in [-0.2, 0) is 5.60 Å². The monoisotopic (exact) mass is 223 g/mol. The van der Waals surface area contributed by atoms with Gasteiger partial charge in [0.25, 0.3) is 0 Å². The van der Waals surface area contributed by atoms with Gasteiger partial charge in [0.2, 0.25) is 0 Å². The third-order valence-electron chi connectivity index (χ3n) is 2.80. The topological polar surface area (TPSA) is 64.7 Å². The molecule has 1 unspecified atom stereocenters. The lowest BCUT2D eigenvalue weighted by atomic mass is 9.92. The van der Waals surface area contributed by atoms with E-state index in [9.17, 15) is 5.11 Å². The van der Waals surface area contributed by atoms with E-state index >= 15 is 0 Å². The van der Waals surface area contributed by atoms with E-state index in [0.717, 1.165) is 11.3 Å². The summed E-state index contributed by atoms with van der Waals surface area (Å²) in [6.45, 7) is 3.33. The molecule has 0 aliphatic carbocycles. The number of fused-ring (bicyclic) bond motifs is 1. The van der Waals surface area contributed by atoms with Crippen LogP contribution in [0.4, 0.5) is 0 Å². The number of hydrogen-bond donors (Lipinski definition) is 2. The molecule has 0 bridgehead atoms. The summed E-state index contributed by atoms with van der Waals surface area (Å²) in [5.41, 5.74) is 5.37. The molecule has 0 spiro atoms. The SMILES string of the molecule is CC(O)(CCN)c1ccc2c(c1)OCCO2. The predicted octanol–water partition coefficient (Wildman–Crippen LogP) is 1.01. The average Bonchev–Trinajstić information content (AvgIpc) is 2.28. The van der Waals surface area contributed by atoms with Crippen LogP contribution in [0, 0.1) is 0 Å².